The lowest BCUT2D eigenvalue weighted by Crippen LogP contribution is -2.61. The first-order chi connectivity index (χ1) is 11.5. The first-order valence-corrected chi connectivity index (χ1v) is 9.20. The monoisotopic (exact) mass is 349 g/mol. The lowest BCUT2D eigenvalue weighted by Gasteiger charge is -2.42. The van der Waals surface area contributed by atoms with Gasteiger partial charge in [0, 0.05) is 6.61 Å². The zero-order valence-electron chi connectivity index (χ0n) is 15.0. The zero-order valence-corrected chi connectivity index (χ0v) is 15.0. The molecule has 6 unspecified atom stereocenters. The van der Waals surface area contributed by atoms with E-state index in [0.29, 0.717) is 13.0 Å². The molecule has 6 atom stereocenters. The van der Waals surface area contributed by atoms with Crippen LogP contribution in [0.3, 0.4) is 0 Å². The van der Waals surface area contributed by atoms with Gasteiger partial charge in [0.15, 0.2) is 6.29 Å². The molecule has 1 aliphatic heterocycles. The Labute approximate surface area is 145 Å². The van der Waals surface area contributed by atoms with E-state index in [1.807, 2.05) is 0 Å². The fourth-order valence-corrected chi connectivity index (χ4v) is 2.78. The van der Waals surface area contributed by atoms with E-state index in [-0.39, 0.29) is 6.61 Å². The lowest BCUT2D eigenvalue weighted by atomic mass is 9.98. The van der Waals surface area contributed by atoms with Crippen molar-refractivity contribution < 1.29 is 29.5 Å². The number of unbranched alkanes of at least 4 members (excludes halogenated alkanes) is 4. The van der Waals surface area contributed by atoms with Gasteiger partial charge in [-0.05, 0) is 19.3 Å². The summed E-state index contributed by atoms with van der Waals surface area (Å²) in [4.78, 5) is 0. The van der Waals surface area contributed by atoms with Gasteiger partial charge in [-0.2, -0.15) is 0 Å². The van der Waals surface area contributed by atoms with Crippen molar-refractivity contribution in [1.29, 1.82) is 0 Å². The van der Waals surface area contributed by atoms with Crippen LogP contribution in [0.15, 0.2) is 0 Å². The van der Waals surface area contributed by atoms with E-state index in [4.69, 9.17) is 19.9 Å². The summed E-state index contributed by atoms with van der Waals surface area (Å²) >= 11 is 0. The Balaban J connectivity index is 2.52. The van der Waals surface area contributed by atoms with Crippen molar-refractivity contribution in [1.82, 2.24) is 0 Å². The third-order valence-electron chi connectivity index (χ3n) is 4.27. The third-order valence-corrected chi connectivity index (χ3v) is 4.27. The van der Waals surface area contributed by atoms with E-state index in [1.165, 1.54) is 0 Å². The van der Waals surface area contributed by atoms with Gasteiger partial charge in [0.1, 0.15) is 30.6 Å². The topological polar surface area (TPSA) is 114 Å². The van der Waals surface area contributed by atoms with Gasteiger partial charge in [0.05, 0.1) is 6.61 Å². The van der Waals surface area contributed by atoms with Crippen LogP contribution in [0, 0.1) is 0 Å². The second-order valence-corrected chi connectivity index (χ2v) is 6.42. The van der Waals surface area contributed by atoms with E-state index < -0.39 is 36.9 Å². The maximum atomic E-state index is 10.3. The van der Waals surface area contributed by atoms with Gasteiger partial charge in [-0.15, -0.1) is 0 Å². The van der Waals surface area contributed by atoms with Crippen molar-refractivity contribution >= 4 is 0 Å². The number of ether oxygens (including phenoxy) is 3. The van der Waals surface area contributed by atoms with Crippen molar-refractivity contribution in [2.75, 3.05) is 13.2 Å². The summed E-state index contributed by atoms with van der Waals surface area (Å²) in [6, 6.07) is 0. The number of rotatable bonds is 12. The molecule has 0 saturated carbocycles. The highest BCUT2D eigenvalue weighted by Crippen LogP contribution is 2.25. The standard InChI is InChI=1S/C17H35NO6/c1-3-5-7-9-13(18)24-16-12(11-19)23-17(15(21)14(16)20)22-10-8-6-4-2/h12-17,19-21H,3-11,18H2,1-2H3. The van der Waals surface area contributed by atoms with E-state index in [0.717, 1.165) is 38.5 Å². The fraction of sp³-hybridized carbons (Fsp3) is 1.00. The highest BCUT2D eigenvalue weighted by molar-refractivity contribution is 4.90. The molecular weight excluding hydrogens is 314 g/mol. The van der Waals surface area contributed by atoms with Crippen molar-refractivity contribution in [3.8, 4) is 0 Å². The predicted molar refractivity (Wildman–Crippen MR) is 90.2 cm³/mol. The number of hydrogen-bond acceptors (Lipinski definition) is 7. The summed E-state index contributed by atoms with van der Waals surface area (Å²) in [7, 11) is 0. The van der Waals surface area contributed by atoms with Crippen molar-refractivity contribution in [2.24, 2.45) is 5.73 Å². The van der Waals surface area contributed by atoms with E-state index in [2.05, 4.69) is 13.8 Å². The molecule has 0 aromatic rings. The molecule has 0 aliphatic carbocycles. The van der Waals surface area contributed by atoms with Gasteiger partial charge in [-0.3, -0.25) is 0 Å². The van der Waals surface area contributed by atoms with Crippen LogP contribution in [0.5, 0.6) is 0 Å². The van der Waals surface area contributed by atoms with E-state index in [9.17, 15) is 15.3 Å². The summed E-state index contributed by atoms with van der Waals surface area (Å²) < 4.78 is 16.7. The number of nitrogens with two attached hydrogens (primary N) is 1. The average molecular weight is 349 g/mol. The van der Waals surface area contributed by atoms with Crippen LogP contribution in [0.1, 0.15) is 58.8 Å². The molecule has 0 bridgehead atoms. The summed E-state index contributed by atoms with van der Waals surface area (Å²) in [5, 5.41) is 30.1. The van der Waals surface area contributed by atoms with Crippen LogP contribution in [0.25, 0.3) is 0 Å². The molecule has 1 saturated heterocycles. The third kappa shape index (κ3) is 6.92. The van der Waals surface area contributed by atoms with Crippen molar-refractivity contribution in [3.63, 3.8) is 0 Å². The van der Waals surface area contributed by atoms with Crippen molar-refractivity contribution in [3.05, 3.63) is 0 Å². The number of hydrogen-bond donors (Lipinski definition) is 4. The van der Waals surface area contributed by atoms with Crippen LogP contribution in [0.4, 0.5) is 0 Å². The minimum atomic E-state index is -1.23. The molecule has 1 aliphatic rings. The van der Waals surface area contributed by atoms with Crippen LogP contribution < -0.4 is 5.73 Å². The molecule has 1 heterocycles. The molecule has 1 fully saturated rings. The lowest BCUT2D eigenvalue weighted by molar-refractivity contribution is -0.312. The Morgan fingerprint density at radius 3 is 2.33 bits per heavy atom. The summed E-state index contributed by atoms with van der Waals surface area (Å²) in [6.07, 6.45) is 1.01. The second-order valence-electron chi connectivity index (χ2n) is 6.42. The van der Waals surface area contributed by atoms with Crippen LogP contribution in [0.2, 0.25) is 0 Å². The van der Waals surface area contributed by atoms with Crippen molar-refractivity contribution in [2.45, 2.75) is 95.7 Å². The first-order valence-electron chi connectivity index (χ1n) is 9.20. The SMILES string of the molecule is CCCCCOC1OC(CO)C(OC(N)CCCCC)C(O)C1O. The van der Waals surface area contributed by atoms with Crippen LogP contribution in [-0.4, -0.2) is 65.5 Å². The predicted octanol–water partition coefficient (Wildman–Crippen LogP) is 0.882. The van der Waals surface area contributed by atoms with Crippen LogP contribution >= 0.6 is 0 Å². The molecule has 0 spiro atoms. The van der Waals surface area contributed by atoms with Gasteiger partial charge < -0.3 is 35.3 Å². The van der Waals surface area contributed by atoms with Crippen LogP contribution in [-0.2, 0) is 14.2 Å². The van der Waals surface area contributed by atoms with Gasteiger partial charge in [-0.1, -0.05) is 39.5 Å². The smallest absolute Gasteiger partial charge is 0.186 e. The summed E-state index contributed by atoms with van der Waals surface area (Å²) in [5.74, 6) is 0. The Morgan fingerprint density at radius 2 is 1.71 bits per heavy atom. The Kier molecular flexibility index (Phi) is 11.0. The summed E-state index contributed by atoms with van der Waals surface area (Å²) in [5.41, 5.74) is 5.93. The highest BCUT2D eigenvalue weighted by atomic mass is 16.7. The minimum absolute atomic E-state index is 0.342. The van der Waals surface area contributed by atoms with Gasteiger partial charge >= 0.3 is 0 Å². The van der Waals surface area contributed by atoms with Gasteiger partial charge in [0.2, 0.25) is 0 Å². The maximum absolute atomic E-state index is 10.3. The maximum Gasteiger partial charge on any atom is 0.186 e. The molecule has 144 valence electrons. The molecule has 5 N–H and O–H groups in total. The summed E-state index contributed by atoms with van der Waals surface area (Å²) in [6.45, 7) is 4.28. The van der Waals surface area contributed by atoms with E-state index >= 15 is 0 Å². The Hall–Kier alpha value is -0.280. The number of aliphatic hydroxyl groups is 3. The number of aliphatic hydroxyl groups excluding tert-OH is 3. The highest BCUT2D eigenvalue weighted by Gasteiger charge is 2.46. The molecule has 1 rings (SSSR count). The molecule has 7 heteroatoms. The molecule has 7 nitrogen and oxygen atoms in total. The molecule has 0 amide bonds. The minimum Gasteiger partial charge on any atom is -0.394 e. The first kappa shape index (κ1) is 21.8. The molecule has 0 aromatic heterocycles. The van der Waals surface area contributed by atoms with Gasteiger partial charge in [0.25, 0.3) is 0 Å². The largest absolute Gasteiger partial charge is 0.394 e. The Bertz CT molecular complexity index is 317. The Morgan fingerprint density at radius 1 is 1.04 bits per heavy atom. The second kappa shape index (κ2) is 12.1. The molecule has 0 aromatic carbocycles. The fourth-order valence-electron chi connectivity index (χ4n) is 2.78. The molecule has 0 radical (unpaired) electrons. The average Bonchev–Trinajstić information content (AvgIpc) is 2.57. The quantitative estimate of drug-likeness (QED) is 0.305. The molecule has 24 heavy (non-hydrogen) atoms. The molecular formula is C17H35NO6. The van der Waals surface area contributed by atoms with E-state index in [1.54, 1.807) is 0 Å². The normalized spacial score (nSPS) is 32.0. The zero-order chi connectivity index (χ0) is 17.9. The van der Waals surface area contributed by atoms with Gasteiger partial charge in [-0.25, -0.2) is 0 Å².